The Bertz CT molecular complexity index is 38.7. The normalized spacial score (nSPS) is 3.57. The molecule has 0 saturated heterocycles. The number of carbonyl (C=O) groups is 1. The van der Waals surface area contributed by atoms with Gasteiger partial charge < -0.3 is 33.9 Å². The third-order valence-electron chi connectivity index (χ3n) is 0. The molecule has 0 saturated carbocycles. The van der Waals surface area contributed by atoms with E-state index in [0.29, 0.717) is 0 Å². The van der Waals surface area contributed by atoms with Crippen LogP contribution in [0.5, 0.6) is 0 Å². The van der Waals surface area contributed by atoms with Gasteiger partial charge in [-0.3, -0.25) is 0 Å². The Morgan fingerprint density at radius 2 is 1.57 bits per heavy atom. The Kier molecular flexibility index (Phi) is 52.1. The Balaban J connectivity index is -0.0000000150. The monoisotopic (exact) mass is 261 g/mol. The van der Waals surface area contributed by atoms with Crippen molar-refractivity contribution >= 4 is 5.97 Å². The van der Waals surface area contributed by atoms with Gasteiger partial charge in [0, 0.05) is 5.97 Å². The molecular weight excluding hydrogens is 258 g/mol. The Morgan fingerprint density at radius 3 is 1.57 bits per heavy atom. The SMILES string of the molecule is CC(=O)[O-].[Cr+2].[I-].[Na+]. The fourth-order valence-electron chi connectivity index (χ4n) is 0. The molecule has 0 heterocycles. The molecule has 0 aromatic rings. The van der Waals surface area contributed by atoms with Crippen LogP contribution in [0.2, 0.25) is 0 Å². The Hall–Kier alpha value is 1.73. The van der Waals surface area contributed by atoms with E-state index in [1.807, 2.05) is 0 Å². The van der Waals surface area contributed by atoms with Crippen LogP contribution in [0.1, 0.15) is 6.92 Å². The molecule has 0 amide bonds. The molecule has 0 aliphatic heterocycles. The first-order chi connectivity index (χ1) is 1.73. The zero-order valence-electron chi connectivity index (χ0n) is 4.10. The first kappa shape index (κ1) is 23.3. The van der Waals surface area contributed by atoms with Gasteiger partial charge in [0.15, 0.2) is 0 Å². The molecule has 0 N–H and O–H groups in total. The summed E-state index contributed by atoms with van der Waals surface area (Å²) in [6.07, 6.45) is 0. The van der Waals surface area contributed by atoms with E-state index < -0.39 is 5.97 Å². The third-order valence-corrected chi connectivity index (χ3v) is 0. The van der Waals surface area contributed by atoms with Gasteiger partial charge in [-0.25, -0.2) is 0 Å². The summed E-state index contributed by atoms with van der Waals surface area (Å²) in [6.45, 7) is 0.972. The fraction of sp³-hybridized carbons (Fsp3) is 0.500. The van der Waals surface area contributed by atoms with Crippen LogP contribution in [-0.4, -0.2) is 5.97 Å². The van der Waals surface area contributed by atoms with E-state index in [2.05, 4.69) is 0 Å². The number of carbonyl (C=O) groups excluding carboxylic acids is 1. The summed E-state index contributed by atoms with van der Waals surface area (Å²) in [5.41, 5.74) is 0. The van der Waals surface area contributed by atoms with Crippen LogP contribution in [0.25, 0.3) is 0 Å². The summed E-state index contributed by atoms with van der Waals surface area (Å²) in [5.74, 6) is -1.08. The number of rotatable bonds is 0. The van der Waals surface area contributed by atoms with Crippen molar-refractivity contribution in [3.05, 3.63) is 0 Å². The summed E-state index contributed by atoms with van der Waals surface area (Å²) >= 11 is 0. The Labute approximate surface area is 92.5 Å². The number of halogens is 1. The summed E-state index contributed by atoms with van der Waals surface area (Å²) in [6, 6.07) is 0. The first-order valence-electron chi connectivity index (χ1n) is 0.908. The number of hydrogen-bond acceptors (Lipinski definition) is 2. The first-order valence-corrected chi connectivity index (χ1v) is 0.908. The van der Waals surface area contributed by atoms with E-state index in [-0.39, 0.29) is 70.9 Å². The molecule has 0 radical (unpaired) electrons. The third kappa shape index (κ3) is 84.7. The zero-order chi connectivity index (χ0) is 3.58. The second-order valence-corrected chi connectivity index (χ2v) is 0.492. The molecule has 0 atom stereocenters. The van der Waals surface area contributed by atoms with Crippen molar-refractivity contribution in [1.82, 2.24) is 0 Å². The van der Waals surface area contributed by atoms with Crippen molar-refractivity contribution in [2.24, 2.45) is 0 Å². The minimum Gasteiger partial charge on any atom is -1.00 e. The van der Waals surface area contributed by atoms with Gasteiger partial charge in [0.2, 0.25) is 0 Å². The fourth-order valence-corrected chi connectivity index (χ4v) is 0. The molecule has 0 bridgehead atoms. The van der Waals surface area contributed by atoms with Crippen LogP contribution in [-0.2, 0) is 22.2 Å². The van der Waals surface area contributed by atoms with Gasteiger partial charge >= 0.3 is 46.9 Å². The molecule has 7 heavy (non-hydrogen) atoms. The van der Waals surface area contributed by atoms with E-state index >= 15 is 0 Å². The van der Waals surface area contributed by atoms with Crippen LogP contribution < -0.4 is 58.6 Å². The van der Waals surface area contributed by atoms with Crippen LogP contribution in [0, 0.1) is 0 Å². The van der Waals surface area contributed by atoms with E-state index in [9.17, 15) is 0 Å². The summed E-state index contributed by atoms with van der Waals surface area (Å²) in [4.78, 5) is 8.89. The van der Waals surface area contributed by atoms with Gasteiger partial charge in [-0.1, -0.05) is 0 Å². The maximum Gasteiger partial charge on any atom is 2.00 e. The summed E-state index contributed by atoms with van der Waals surface area (Å²) < 4.78 is 0. The second-order valence-electron chi connectivity index (χ2n) is 0.492. The van der Waals surface area contributed by atoms with Crippen LogP contribution in [0.15, 0.2) is 0 Å². The number of carboxylic acid groups (broad SMARTS) is 1. The average molecular weight is 261 g/mol. The van der Waals surface area contributed by atoms with Crippen molar-refractivity contribution in [3.63, 3.8) is 0 Å². The number of aliphatic carboxylic acids is 1. The minimum absolute atomic E-state index is 0. The molecule has 36 valence electrons. The van der Waals surface area contributed by atoms with Gasteiger partial charge in [0.25, 0.3) is 0 Å². The predicted molar refractivity (Wildman–Crippen MR) is 10.7 cm³/mol. The number of hydrogen-bond donors (Lipinski definition) is 0. The van der Waals surface area contributed by atoms with Gasteiger partial charge in [0.05, 0.1) is 0 Å². The predicted octanol–water partition coefficient (Wildman–Crippen LogP) is -7.24. The van der Waals surface area contributed by atoms with Crippen molar-refractivity contribution in [3.8, 4) is 0 Å². The van der Waals surface area contributed by atoms with E-state index in [1.54, 1.807) is 0 Å². The maximum absolute atomic E-state index is 8.89. The average Bonchev–Trinajstić information content (AvgIpc) is 0.811. The molecular formula is C2H3CrINaO2+. The van der Waals surface area contributed by atoms with E-state index in [4.69, 9.17) is 9.90 Å². The maximum atomic E-state index is 8.89. The van der Waals surface area contributed by atoms with E-state index in [1.165, 1.54) is 0 Å². The van der Waals surface area contributed by atoms with Gasteiger partial charge in [-0.2, -0.15) is 0 Å². The zero-order valence-corrected chi connectivity index (χ0v) is 9.54. The van der Waals surface area contributed by atoms with Crippen molar-refractivity contribution in [1.29, 1.82) is 0 Å². The van der Waals surface area contributed by atoms with Gasteiger partial charge in [-0.15, -0.1) is 0 Å². The molecule has 0 aliphatic carbocycles. The summed E-state index contributed by atoms with van der Waals surface area (Å²) in [7, 11) is 0. The van der Waals surface area contributed by atoms with Crippen LogP contribution >= 0.6 is 0 Å². The van der Waals surface area contributed by atoms with Crippen LogP contribution in [0.3, 0.4) is 0 Å². The smallest absolute Gasteiger partial charge is 1.00 e. The van der Waals surface area contributed by atoms with Gasteiger partial charge in [0.1, 0.15) is 0 Å². The van der Waals surface area contributed by atoms with Crippen molar-refractivity contribution in [2.75, 3.05) is 0 Å². The summed E-state index contributed by atoms with van der Waals surface area (Å²) in [5, 5.41) is 8.89. The molecule has 5 heteroatoms. The largest absolute Gasteiger partial charge is 2.00 e. The second kappa shape index (κ2) is 15.6. The number of carboxylic acids is 1. The molecule has 2 nitrogen and oxygen atoms in total. The van der Waals surface area contributed by atoms with E-state index in [0.717, 1.165) is 6.92 Å². The van der Waals surface area contributed by atoms with Crippen molar-refractivity contribution < 1.29 is 80.8 Å². The topological polar surface area (TPSA) is 40.1 Å². The molecule has 0 aromatic carbocycles. The Morgan fingerprint density at radius 1 is 1.57 bits per heavy atom. The molecule has 0 fully saturated rings. The minimum atomic E-state index is -1.08. The van der Waals surface area contributed by atoms with Crippen molar-refractivity contribution in [2.45, 2.75) is 6.92 Å². The quantitative estimate of drug-likeness (QED) is 0.321. The van der Waals surface area contributed by atoms with Gasteiger partial charge in [-0.05, 0) is 6.92 Å². The molecule has 0 aliphatic rings. The molecule has 0 unspecified atom stereocenters. The molecule has 0 spiro atoms. The van der Waals surface area contributed by atoms with Crippen LogP contribution in [0.4, 0.5) is 0 Å². The molecule has 0 rings (SSSR count). The standard InChI is InChI=1S/C2H4O2.Cr.HI.Na/c1-2(3)4;;;/h1H3,(H,3,4);;1H;/q;+2;;+1/p-2. The molecule has 0 aromatic heterocycles.